The molecule has 0 spiro atoms. The van der Waals surface area contributed by atoms with E-state index in [2.05, 4.69) is 0 Å². The van der Waals surface area contributed by atoms with Gasteiger partial charge in [-0.1, -0.05) is 30.3 Å². The number of ether oxygens (including phenoxy) is 1. The average molecular weight is 234 g/mol. The average Bonchev–Trinajstić information content (AvgIpc) is 3.09. The Balaban J connectivity index is 1.81. The zero-order valence-corrected chi connectivity index (χ0v) is 9.39. The summed E-state index contributed by atoms with van der Waals surface area (Å²) in [5.41, 5.74) is 0.0642. The molecule has 1 fully saturated rings. The molecule has 17 heavy (non-hydrogen) atoms. The minimum absolute atomic E-state index is 0.0187. The smallest absolute Gasteiger partial charge is 0.310 e. The van der Waals surface area contributed by atoms with Gasteiger partial charge in [-0.25, -0.2) is 0 Å². The normalized spacial score (nSPS) is 16.2. The molecule has 0 heterocycles. The number of carbonyl (C=O) groups is 2. The van der Waals surface area contributed by atoms with Gasteiger partial charge in [0.25, 0.3) is 0 Å². The lowest BCUT2D eigenvalue weighted by Crippen LogP contribution is -2.20. The highest BCUT2D eigenvalue weighted by Gasteiger charge is 2.52. The predicted molar refractivity (Wildman–Crippen MR) is 60.2 cm³/mol. The summed E-state index contributed by atoms with van der Waals surface area (Å²) in [4.78, 5) is 22.4. The van der Waals surface area contributed by atoms with Crippen LogP contribution in [-0.4, -0.2) is 17.0 Å². The van der Waals surface area contributed by atoms with E-state index in [1.807, 2.05) is 30.3 Å². The summed E-state index contributed by atoms with van der Waals surface area (Å²) in [6, 6.07) is 9.33. The Bertz CT molecular complexity index is 420. The maximum absolute atomic E-state index is 11.5. The van der Waals surface area contributed by atoms with E-state index in [-0.39, 0.29) is 13.0 Å². The van der Waals surface area contributed by atoms with Crippen molar-refractivity contribution in [2.45, 2.75) is 25.9 Å². The number of hydrogen-bond donors (Lipinski definition) is 1. The Morgan fingerprint density at radius 2 is 1.88 bits per heavy atom. The lowest BCUT2D eigenvalue weighted by atomic mass is 10.0. The first-order chi connectivity index (χ1) is 8.12. The van der Waals surface area contributed by atoms with E-state index < -0.39 is 17.4 Å². The Hall–Kier alpha value is -1.84. The Labute approximate surface area is 99.2 Å². The van der Waals surface area contributed by atoms with Crippen LogP contribution in [0.4, 0.5) is 0 Å². The molecule has 1 aromatic rings. The Kier molecular flexibility index (Phi) is 3.13. The minimum Gasteiger partial charge on any atom is -0.481 e. The molecule has 1 saturated carbocycles. The van der Waals surface area contributed by atoms with Crippen LogP contribution in [0.2, 0.25) is 0 Å². The van der Waals surface area contributed by atoms with Gasteiger partial charge in [-0.3, -0.25) is 9.59 Å². The van der Waals surface area contributed by atoms with Crippen molar-refractivity contribution in [3.05, 3.63) is 35.9 Å². The van der Waals surface area contributed by atoms with Gasteiger partial charge in [0, 0.05) is 0 Å². The number of carboxylic acid groups (broad SMARTS) is 1. The van der Waals surface area contributed by atoms with Crippen LogP contribution in [0.15, 0.2) is 30.3 Å². The second kappa shape index (κ2) is 4.57. The van der Waals surface area contributed by atoms with Gasteiger partial charge in [0.1, 0.15) is 6.61 Å². The molecule has 0 saturated heterocycles. The molecule has 0 aromatic heterocycles. The number of carbonyl (C=O) groups excluding carboxylic acids is 1. The van der Waals surface area contributed by atoms with Crippen LogP contribution in [0.1, 0.15) is 24.8 Å². The van der Waals surface area contributed by atoms with Crippen molar-refractivity contribution in [2.24, 2.45) is 5.41 Å². The third-order valence-electron chi connectivity index (χ3n) is 3.03. The first kappa shape index (κ1) is 11.6. The predicted octanol–water partition coefficient (Wildman–Crippen LogP) is 1.98. The fourth-order valence-corrected chi connectivity index (χ4v) is 1.68. The Morgan fingerprint density at radius 3 is 2.41 bits per heavy atom. The molecule has 1 N–H and O–H groups in total. The molecule has 0 unspecified atom stereocenters. The first-order valence-electron chi connectivity index (χ1n) is 5.55. The third-order valence-corrected chi connectivity index (χ3v) is 3.03. The SMILES string of the molecule is O=C(CC1(C(=O)O)CC1)OCc1ccccc1. The monoisotopic (exact) mass is 234 g/mol. The number of hydrogen-bond acceptors (Lipinski definition) is 3. The van der Waals surface area contributed by atoms with Gasteiger partial charge in [-0.2, -0.15) is 0 Å². The van der Waals surface area contributed by atoms with Gasteiger partial charge in [-0.15, -0.1) is 0 Å². The molecule has 0 radical (unpaired) electrons. The van der Waals surface area contributed by atoms with Crippen LogP contribution < -0.4 is 0 Å². The van der Waals surface area contributed by atoms with Crippen molar-refractivity contribution in [1.82, 2.24) is 0 Å². The van der Waals surface area contributed by atoms with E-state index >= 15 is 0 Å². The summed E-state index contributed by atoms with van der Waals surface area (Å²) in [5.74, 6) is -1.33. The number of carboxylic acids is 1. The largest absolute Gasteiger partial charge is 0.481 e. The maximum atomic E-state index is 11.5. The number of rotatable bonds is 5. The molecule has 1 aromatic carbocycles. The first-order valence-corrected chi connectivity index (χ1v) is 5.55. The van der Waals surface area contributed by atoms with Crippen LogP contribution in [-0.2, 0) is 20.9 Å². The van der Waals surface area contributed by atoms with E-state index in [0.717, 1.165) is 5.56 Å². The molecule has 4 heteroatoms. The van der Waals surface area contributed by atoms with Crippen molar-refractivity contribution in [3.63, 3.8) is 0 Å². The molecule has 4 nitrogen and oxygen atoms in total. The van der Waals surface area contributed by atoms with E-state index in [4.69, 9.17) is 9.84 Å². The third kappa shape index (κ3) is 2.84. The number of esters is 1. The van der Waals surface area contributed by atoms with Crippen LogP contribution in [0.3, 0.4) is 0 Å². The van der Waals surface area contributed by atoms with Gasteiger partial charge in [-0.05, 0) is 18.4 Å². The van der Waals surface area contributed by atoms with Crippen molar-refractivity contribution < 1.29 is 19.4 Å². The molecular weight excluding hydrogens is 220 g/mol. The van der Waals surface area contributed by atoms with Crippen LogP contribution in [0, 0.1) is 5.41 Å². The molecule has 2 rings (SSSR count). The molecule has 1 aliphatic carbocycles. The number of benzene rings is 1. The van der Waals surface area contributed by atoms with E-state index in [9.17, 15) is 9.59 Å². The van der Waals surface area contributed by atoms with Crippen LogP contribution in [0.25, 0.3) is 0 Å². The molecule has 90 valence electrons. The van der Waals surface area contributed by atoms with Crippen molar-refractivity contribution in [2.75, 3.05) is 0 Å². The van der Waals surface area contributed by atoms with Gasteiger partial charge < -0.3 is 9.84 Å². The van der Waals surface area contributed by atoms with Crippen LogP contribution in [0.5, 0.6) is 0 Å². The standard InChI is InChI=1S/C13H14O4/c14-11(8-13(6-7-13)12(15)16)17-9-10-4-2-1-3-5-10/h1-5H,6-9H2,(H,15,16). The number of aliphatic carboxylic acids is 1. The van der Waals surface area contributed by atoms with Gasteiger partial charge in [0.05, 0.1) is 11.8 Å². The fraction of sp³-hybridized carbons (Fsp3) is 0.385. The molecule has 1 aliphatic rings. The fourth-order valence-electron chi connectivity index (χ4n) is 1.68. The lowest BCUT2D eigenvalue weighted by molar-refractivity contribution is -0.153. The Morgan fingerprint density at radius 1 is 1.24 bits per heavy atom. The topological polar surface area (TPSA) is 63.6 Å². The van der Waals surface area contributed by atoms with E-state index in [1.54, 1.807) is 0 Å². The summed E-state index contributed by atoms with van der Waals surface area (Å²) in [5, 5.41) is 8.93. The van der Waals surface area contributed by atoms with Gasteiger partial charge >= 0.3 is 11.9 Å². The lowest BCUT2D eigenvalue weighted by Gasteiger charge is -2.09. The van der Waals surface area contributed by atoms with E-state index in [0.29, 0.717) is 12.8 Å². The van der Waals surface area contributed by atoms with Crippen molar-refractivity contribution in [1.29, 1.82) is 0 Å². The van der Waals surface area contributed by atoms with Crippen molar-refractivity contribution in [3.8, 4) is 0 Å². The maximum Gasteiger partial charge on any atom is 0.310 e. The van der Waals surface area contributed by atoms with Gasteiger partial charge in [0.2, 0.25) is 0 Å². The second-order valence-corrected chi connectivity index (χ2v) is 4.41. The summed E-state index contributed by atoms with van der Waals surface area (Å²) >= 11 is 0. The summed E-state index contributed by atoms with van der Waals surface area (Å²) in [6.45, 7) is 0.204. The molecule has 0 aliphatic heterocycles. The summed E-state index contributed by atoms with van der Waals surface area (Å²) < 4.78 is 5.05. The minimum atomic E-state index is -0.894. The van der Waals surface area contributed by atoms with Crippen molar-refractivity contribution >= 4 is 11.9 Å². The molecular formula is C13H14O4. The van der Waals surface area contributed by atoms with Gasteiger partial charge in [0.15, 0.2) is 0 Å². The molecule has 0 atom stereocenters. The zero-order valence-electron chi connectivity index (χ0n) is 9.39. The highest BCUT2D eigenvalue weighted by molar-refractivity contribution is 5.84. The summed E-state index contributed by atoms with van der Waals surface area (Å²) in [7, 11) is 0. The molecule has 0 amide bonds. The summed E-state index contributed by atoms with van der Waals surface area (Å²) in [6.07, 6.45) is 1.13. The quantitative estimate of drug-likeness (QED) is 0.791. The zero-order chi connectivity index (χ0) is 12.3. The molecule has 0 bridgehead atoms. The van der Waals surface area contributed by atoms with Crippen LogP contribution >= 0.6 is 0 Å². The highest BCUT2D eigenvalue weighted by atomic mass is 16.5. The van der Waals surface area contributed by atoms with E-state index in [1.165, 1.54) is 0 Å². The second-order valence-electron chi connectivity index (χ2n) is 4.41. The highest BCUT2D eigenvalue weighted by Crippen LogP contribution is 2.49.